The molecule has 2 aliphatic rings. The minimum absolute atomic E-state index is 0.184. The molecule has 0 atom stereocenters. The van der Waals surface area contributed by atoms with Gasteiger partial charge in [0.25, 0.3) is 5.91 Å². The van der Waals surface area contributed by atoms with E-state index in [0.29, 0.717) is 11.4 Å². The van der Waals surface area contributed by atoms with Crippen LogP contribution in [0, 0.1) is 0 Å². The molecule has 1 amide bonds. The number of hydrogen-bond acceptors (Lipinski definition) is 8. The molecule has 2 saturated heterocycles. The van der Waals surface area contributed by atoms with Crippen LogP contribution in [-0.2, 0) is 6.54 Å². The number of hydrogen-bond donors (Lipinski definition) is 3. The first-order valence-electron chi connectivity index (χ1n) is 13.6. The molecule has 3 N–H and O–H groups in total. The molecule has 0 bridgehead atoms. The number of benzene rings is 1. The molecule has 0 saturated carbocycles. The second-order valence-electron chi connectivity index (χ2n) is 10.6. The molecule has 0 unspecified atom stereocenters. The van der Waals surface area contributed by atoms with E-state index < -0.39 is 0 Å². The zero-order chi connectivity index (χ0) is 26.8. The van der Waals surface area contributed by atoms with Crippen molar-refractivity contribution in [2.75, 3.05) is 56.5 Å². The SMILES string of the molecule is CN1CCN(c2cc(NC(=O)c3n[nH]c4ccc(-c5cncc(CN6CCC(O)CC6)c5)cc34)ccn2)CC1. The van der Waals surface area contributed by atoms with Gasteiger partial charge in [-0.25, -0.2) is 4.98 Å². The molecule has 10 heteroatoms. The minimum Gasteiger partial charge on any atom is -0.393 e. The maximum absolute atomic E-state index is 13.3. The Bertz CT molecular complexity index is 1450. The van der Waals surface area contributed by atoms with E-state index >= 15 is 0 Å². The molecule has 10 nitrogen and oxygen atoms in total. The largest absolute Gasteiger partial charge is 0.393 e. The van der Waals surface area contributed by atoms with Gasteiger partial charge < -0.3 is 20.2 Å². The van der Waals surface area contributed by atoms with Gasteiger partial charge in [-0.15, -0.1) is 0 Å². The molecule has 202 valence electrons. The van der Waals surface area contributed by atoms with E-state index in [4.69, 9.17) is 0 Å². The molecule has 2 aliphatic heterocycles. The smallest absolute Gasteiger partial charge is 0.276 e. The Labute approximate surface area is 227 Å². The van der Waals surface area contributed by atoms with Crippen molar-refractivity contribution in [2.24, 2.45) is 0 Å². The number of H-pyrrole nitrogens is 1. The van der Waals surface area contributed by atoms with Gasteiger partial charge in [-0.1, -0.05) is 6.07 Å². The summed E-state index contributed by atoms with van der Waals surface area (Å²) in [4.78, 5) is 29.2. The Kier molecular flexibility index (Phi) is 7.23. The van der Waals surface area contributed by atoms with Crippen molar-refractivity contribution < 1.29 is 9.90 Å². The predicted octanol–water partition coefficient (Wildman–Crippen LogP) is 2.98. The van der Waals surface area contributed by atoms with Gasteiger partial charge in [0, 0.05) is 87.1 Å². The lowest BCUT2D eigenvalue weighted by atomic mass is 10.0. The summed E-state index contributed by atoms with van der Waals surface area (Å²) in [5.41, 5.74) is 4.93. The van der Waals surface area contributed by atoms with E-state index in [1.165, 1.54) is 0 Å². The van der Waals surface area contributed by atoms with Gasteiger partial charge in [-0.3, -0.25) is 19.8 Å². The Morgan fingerprint density at radius 3 is 2.67 bits per heavy atom. The van der Waals surface area contributed by atoms with Crippen molar-refractivity contribution in [3.05, 3.63) is 66.2 Å². The number of carbonyl (C=O) groups excluding carboxylic acids is 1. The number of nitrogens with one attached hydrogen (secondary N) is 2. The second-order valence-corrected chi connectivity index (χ2v) is 10.6. The molecule has 1 aromatic carbocycles. The topological polar surface area (TPSA) is 114 Å². The third kappa shape index (κ3) is 5.78. The number of fused-ring (bicyclic) bond motifs is 1. The molecule has 2 fully saturated rings. The average molecular weight is 527 g/mol. The lowest BCUT2D eigenvalue weighted by Gasteiger charge is -2.33. The fraction of sp³-hybridized carbons (Fsp3) is 0.379. The summed E-state index contributed by atoms with van der Waals surface area (Å²) in [6, 6.07) is 11.8. The van der Waals surface area contributed by atoms with Crippen LogP contribution in [0.4, 0.5) is 11.5 Å². The highest BCUT2D eigenvalue weighted by molar-refractivity contribution is 6.11. The maximum Gasteiger partial charge on any atom is 0.276 e. The highest BCUT2D eigenvalue weighted by Gasteiger charge is 2.19. The van der Waals surface area contributed by atoms with Crippen molar-refractivity contribution in [1.82, 2.24) is 30.0 Å². The number of likely N-dealkylation sites (tertiary alicyclic amines) is 1. The van der Waals surface area contributed by atoms with Crippen LogP contribution in [-0.4, -0.2) is 93.4 Å². The van der Waals surface area contributed by atoms with Gasteiger partial charge in [-0.2, -0.15) is 5.10 Å². The van der Waals surface area contributed by atoms with Crippen LogP contribution < -0.4 is 10.2 Å². The van der Waals surface area contributed by atoms with Crippen LogP contribution in [0.1, 0.15) is 28.9 Å². The highest BCUT2D eigenvalue weighted by atomic mass is 16.3. The Balaban J connectivity index is 1.19. The summed E-state index contributed by atoms with van der Waals surface area (Å²) in [7, 11) is 2.12. The summed E-state index contributed by atoms with van der Waals surface area (Å²) >= 11 is 0. The summed E-state index contributed by atoms with van der Waals surface area (Å²) < 4.78 is 0. The van der Waals surface area contributed by atoms with Crippen molar-refractivity contribution in [1.29, 1.82) is 0 Å². The number of aliphatic hydroxyl groups excluding tert-OH is 1. The van der Waals surface area contributed by atoms with Crippen molar-refractivity contribution in [3.63, 3.8) is 0 Å². The summed E-state index contributed by atoms with van der Waals surface area (Å²) in [6.07, 6.45) is 6.92. The van der Waals surface area contributed by atoms with Crippen LogP contribution in [0.2, 0.25) is 0 Å². The van der Waals surface area contributed by atoms with Crippen molar-refractivity contribution in [3.8, 4) is 11.1 Å². The van der Waals surface area contributed by atoms with E-state index in [1.54, 1.807) is 12.3 Å². The van der Waals surface area contributed by atoms with Gasteiger partial charge in [-0.05, 0) is 55.3 Å². The van der Waals surface area contributed by atoms with Crippen LogP contribution in [0.15, 0.2) is 55.0 Å². The third-order valence-corrected chi connectivity index (χ3v) is 7.70. The van der Waals surface area contributed by atoms with E-state index in [2.05, 4.69) is 53.3 Å². The van der Waals surface area contributed by atoms with Gasteiger partial charge in [0.2, 0.25) is 0 Å². The standard InChI is InChI=1S/C29H34N8O2/c1-35-10-12-37(13-11-35)27-16-23(4-7-31-27)32-29(39)28-25-15-21(2-3-26(25)33-34-28)22-14-20(17-30-18-22)19-36-8-5-24(38)6-9-36/h2-4,7,14-18,24,38H,5-6,8-13,19H2,1H3,(H,33,34)(H,31,32,39). The number of pyridine rings is 2. The molecule has 5 heterocycles. The Morgan fingerprint density at radius 2 is 1.85 bits per heavy atom. The van der Waals surface area contributed by atoms with Crippen molar-refractivity contribution >= 4 is 28.3 Å². The van der Waals surface area contributed by atoms with Crippen molar-refractivity contribution in [2.45, 2.75) is 25.5 Å². The van der Waals surface area contributed by atoms with Crippen LogP contribution in [0.5, 0.6) is 0 Å². The fourth-order valence-corrected chi connectivity index (χ4v) is 5.33. The predicted molar refractivity (Wildman–Crippen MR) is 152 cm³/mol. The van der Waals surface area contributed by atoms with E-state index in [-0.39, 0.29) is 12.0 Å². The molecule has 39 heavy (non-hydrogen) atoms. The molecule has 0 spiro atoms. The fourth-order valence-electron chi connectivity index (χ4n) is 5.33. The number of piperazine rings is 1. The third-order valence-electron chi connectivity index (χ3n) is 7.70. The molecule has 6 rings (SSSR count). The quantitative estimate of drug-likeness (QED) is 0.352. The number of carbonyl (C=O) groups is 1. The number of nitrogens with zero attached hydrogens (tertiary/aromatic N) is 6. The molecular formula is C29H34N8O2. The minimum atomic E-state index is -0.270. The van der Waals surface area contributed by atoms with Gasteiger partial charge >= 0.3 is 0 Å². The Morgan fingerprint density at radius 1 is 1.03 bits per heavy atom. The van der Waals surface area contributed by atoms with Gasteiger partial charge in [0.05, 0.1) is 11.6 Å². The number of likely N-dealkylation sites (N-methyl/N-ethyl adjacent to an activating group) is 1. The summed E-state index contributed by atoms with van der Waals surface area (Å²) in [6.45, 7) is 6.37. The van der Waals surface area contributed by atoms with Gasteiger partial charge in [0.15, 0.2) is 5.69 Å². The van der Waals surface area contributed by atoms with E-state index in [1.807, 2.05) is 36.7 Å². The van der Waals surface area contributed by atoms with E-state index in [0.717, 1.165) is 92.1 Å². The lowest BCUT2D eigenvalue weighted by Crippen LogP contribution is -2.44. The number of rotatable bonds is 6. The number of aromatic nitrogens is 4. The normalized spacial score (nSPS) is 17.5. The number of amides is 1. The first kappa shape index (κ1) is 25.4. The van der Waals surface area contributed by atoms with Gasteiger partial charge in [0.1, 0.15) is 5.82 Å². The number of anilines is 2. The first-order chi connectivity index (χ1) is 19.0. The average Bonchev–Trinajstić information content (AvgIpc) is 3.39. The monoisotopic (exact) mass is 526 g/mol. The summed E-state index contributed by atoms with van der Waals surface area (Å²) in [5, 5.41) is 20.9. The highest BCUT2D eigenvalue weighted by Crippen LogP contribution is 2.27. The first-order valence-corrected chi connectivity index (χ1v) is 13.6. The second kappa shape index (κ2) is 11.1. The van der Waals surface area contributed by atoms with E-state index in [9.17, 15) is 9.90 Å². The number of aliphatic hydroxyl groups is 1. The zero-order valence-electron chi connectivity index (χ0n) is 22.2. The molecule has 0 radical (unpaired) electrons. The van der Waals surface area contributed by atoms with Crippen LogP contribution in [0.25, 0.3) is 22.0 Å². The van der Waals surface area contributed by atoms with Crippen LogP contribution in [0.3, 0.4) is 0 Å². The molecule has 4 aromatic rings. The molecule has 0 aliphatic carbocycles. The maximum atomic E-state index is 13.3. The number of aromatic amines is 1. The Hall–Kier alpha value is -3.86. The molecular weight excluding hydrogens is 492 g/mol. The molecule has 3 aromatic heterocycles. The van der Waals surface area contributed by atoms with Crippen LogP contribution >= 0.6 is 0 Å². The zero-order valence-corrected chi connectivity index (χ0v) is 22.2. The summed E-state index contributed by atoms with van der Waals surface area (Å²) in [5.74, 6) is 0.594. The number of piperidine rings is 1. The lowest BCUT2D eigenvalue weighted by molar-refractivity contribution is 0.0792.